The minimum absolute atomic E-state index is 0.0193. The SMILES string of the molecule is CC1=CC=CC2N=C(CCc3nc(-c4cccs4)cn3C[C@@H](O)CNCCO)NN12. The van der Waals surface area contributed by atoms with Gasteiger partial charge in [0.15, 0.2) is 6.17 Å². The first kappa shape index (κ1) is 20.8. The molecule has 0 bridgehead atoms. The van der Waals surface area contributed by atoms with E-state index in [1.165, 1.54) is 0 Å². The third-order valence-corrected chi connectivity index (χ3v) is 5.99. The van der Waals surface area contributed by atoms with Gasteiger partial charge in [0.05, 0.1) is 29.8 Å². The van der Waals surface area contributed by atoms with Crippen LogP contribution in [-0.2, 0) is 13.0 Å². The monoisotopic (exact) mass is 428 g/mol. The van der Waals surface area contributed by atoms with Crippen LogP contribution < -0.4 is 10.7 Å². The average molecular weight is 429 g/mol. The number of hydrogen-bond donors (Lipinski definition) is 4. The molecule has 2 aliphatic heterocycles. The van der Waals surface area contributed by atoms with Crippen molar-refractivity contribution in [2.24, 2.45) is 4.99 Å². The Balaban J connectivity index is 1.44. The van der Waals surface area contributed by atoms with Gasteiger partial charge in [-0.25, -0.2) is 9.98 Å². The molecule has 8 nitrogen and oxygen atoms in total. The van der Waals surface area contributed by atoms with E-state index < -0.39 is 6.10 Å². The number of hydrazine groups is 1. The predicted octanol–water partition coefficient (Wildman–Crippen LogP) is 1.51. The number of imidazole rings is 1. The lowest BCUT2D eigenvalue weighted by Crippen LogP contribution is -2.39. The molecule has 2 aromatic heterocycles. The molecule has 0 saturated heterocycles. The Morgan fingerprint density at radius 3 is 3.03 bits per heavy atom. The quantitative estimate of drug-likeness (QED) is 0.428. The zero-order valence-corrected chi connectivity index (χ0v) is 17.8. The highest BCUT2D eigenvalue weighted by molar-refractivity contribution is 7.13. The van der Waals surface area contributed by atoms with E-state index in [1.807, 2.05) is 28.3 Å². The molecule has 4 N–H and O–H groups in total. The number of hydrogen-bond acceptors (Lipinski definition) is 8. The highest BCUT2D eigenvalue weighted by atomic mass is 32.1. The van der Waals surface area contributed by atoms with Crippen LogP contribution in [0.15, 0.2) is 52.6 Å². The van der Waals surface area contributed by atoms with Crippen molar-refractivity contribution in [1.82, 2.24) is 25.3 Å². The van der Waals surface area contributed by atoms with Crippen molar-refractivity contribution in [3.05, 3.63) is 53.5 Å². The molecule has 2 aromatic rings. The molecule has 160 valence electrons. The lowest BCUT2D eigenvalue weighted by molar-refractivity contribution is 0.147. The van der Waals surface area contributed by atoms with Crippen LogP contribution in [0, 0.1) is 0 Å². The predicted molar refractivity (Wildman–Crippen MR) is 119 cm³/mol. The molecule has 0 spiro atoms. The van der Waals surface area contributed by atoms with Crippen molar-refractivity contribution >= 4 is 17.2 Å². The lowest BCUT2D eigenvalue weighted by Gasteiger charge is -2.26. The van der Waals surface area contributed by atoms with E-state index in [9.17, 15) is 5.11 Å². The fraction of sp³-hybridized carbons (Fsp3) is 0.429. The molecule has 30 heavy (non-hydrogen) atoms. The van der Waals surface area contributed by atoms with Gasteiger partial charge in [-0.3, -0.25) is 10.4 Å². The Hall–Kier alpha value is -2.46. The number of rotatable bonds is 10. The fourth-order valence-electron chi connectivity index (χ4n) is 3.60. The van der Waals surface area contributed by atoms with Crippen LogP contribution in [0.25, 0.3) is 10.6 Å². The topological polar surface area (TPSA) is 97.9 Å². The zero-order valence-electron chi connectivity index (χ0n) is 17.0. The average Bonchev–Trinajstić information content (AvgIpc) is 3.46. The van der Waals surface area contributed by atoms with Crippen molar-refractivity contribution in [2.75, 3.05) is 19.7 Å². The first-order chi connectivity index (χ1) is 14.6. The van der Waals surface area contributed by atoms with Crippen molar-refractivity contribution in [3.63, 3.8) is 0 Å². The summed E-state index contributed by atoms with van der Waals surface area (Å²) < 4.78 is 2.04. The number of aliphatic imine (C=N–C) groups is 1. The first-order valence-corrected chi connectivity index (χ1v) is 11.1. The third-order valence-electron chi connectivity index (χ3n) is 5.10. The van der Waals surface area contributed by atoms with Gasteiger partial charge in [-0.1, -0.05) is 12.1 Å². The Bertz CT molecular complexity index is 933. The Morgan fingerprint density at radius 2 is 2.27 bits per heavy atom. The van der Waals surface area contributed by atoms with Crippen molar-refractivity contribution in [1.29, 1.82) is 0 Å². The Morgan fingerprint density at radius 1 is 1.37 bits per heavy atom. The van der Waals surface area contributed by atoms with Gasteiger partial charge in [-0.15, -0.1) is 11.3 Å². The molecule has 0 fully saturated rings. The zero-order chi connectivity index (χ0) is 20.9. The molecule has 9 heteroatoms. The number of aromatic nitrogens is 2. The van der Waals surface area contributed by atoms with Crippen LogP contribution in [0.3, 0.4) is 0 Å². The summed E-state index contributed by atoms with van der Waals surface area (Å²) in [5.74, 6) is 1.87. The number of aliphatic hydroxyl groups excluding tert-OH is 2. The van der Waals surface area contributed by atoms with E-state index in [2.05, 4.69) is 40.9 Å². The number of fused-ring (bicyclic) bond motifs is 1. The van der Waals surface area contributed by atoms with E-state index in [1.54, 1.807) is 11.3 Å². The molecule has 2 atom stereocenters. The number of amidine groups is 1. The summed E-state index contributed by atoms with van der Waals surface area (Å²) in [4.78, 5) is 10.7. The number of aliphatic hydroxyl groups is 2. The van der Waals surface area contributed by atoms with Gasteiger partial charge >= 0.3 is 0 Å². The second-order valence-electron chi connectivity index (χ2n) is 7.42. The van der Waals surface area contributed by atoms with Crippen LogP contribution in [0.2, 0.25) is 0 Å². The van der Waals surface area contributed by atoms with Gasteiger partial charge in [0, 0.05) is 37.8 Å². The maximum absolute atomic E-state index is 10.4. The van der Waals surface area contributed by atoms with E-state index in [0.29, 0.717) is 19.6 Å². The largest absolute Gasteiger partial charge is 0.395 e. The maximum atomic E-state index is 10.4. The summed E-state index contributed by atoms with van der Waals surface area (Å²) in [5, 5.41) is 26.4. The summed E-state index contributed by atoms with van der Waals surface area (Å²) in [6.07, 6.45) is 9.11. The van der Waals surface area contributed by atoms with Crippen molar-refractivity contribution in [3.8, 4) is 10.6 Å². The van der Waals surface area contributed by atoms with Gasteiger partial charge < -0.3 is 20.1 Å². The molecular weight excluding hydrogens is 400 g/mol. The van der Waals surface area contributed by atoms with Crippen LogP contribution in [0.1, 0.15) is 19.2 Å². The number of nitrogens with zero attached hydrogens (tertiary/aromatic N) is 4. The van der Waals surface area contributed by atoms with Crippen LogP contribution >= 0.6 is 11.3 Å². The minimum atomic E-state index is -0.561. The fourth-order valence-corrected chi connectivity index (χ4v) is 4.28. The molecule has 0 aromatic carbocycles. The van der Waals surface area contributed by atoms with Crippen LogP contribution in [0.4, 0.5) is 0 Å². The summed E-state index contributed by atoms with van der Waals surface area (Å²) in [5.41, 5.74) is 5.45. The van der Waals surface area contributed by atoms with Gasteiger partial charge in [-0.2, -0.15) is 0 Å². The summed E-state index contributed by atoms with van der Waals surface area (Å²) in [6.45, 7) is 3.47. The van der Waals surface area contributed by atoms with E-state index in [0.717, 1.165) is 40.8 Å². The van der Waals surface area contributed by atoms with Gasteiger partial charge in [0.1, 0.15) is 11.7 Å². The van der Waals surface area contributed by atoms with Gasteiger partial charge in [0.2, 0.25) is 0 Å². The standard InChI is InChI=1S/C21H28N6O2S/c1-15-4-2-6-21-24-19(25-27(15)21)7-8-20-23-17(18-5-3-11-30-18)14-26(20)13-16(29)12-22-9-10-28/h2-6,11,14,16,21-22,28-29H,7-10,12-13H2,1H3,(H,24,25)/t16-,21?/m0/s1. The number of allylic oxidation sites excluding steroid dienone is 3. The molecule has 1 unspecified atom stereocenters. The van der Waals surface area contributed by atoms with Crippen molar-refractivity contribution < 1.29 is 10.2 Å². The highest BCUT2D eigenvalue weighted by Gasteiger charge is 2.26. The van der Waals surface area contributed by atoms with Gasteiger partial charge in [0.25, 0.3) is 0 Å². The van der Waals surface area contributed by atoms with Crippen molar-refractivity contribution in [2.45, 2.75) is 38.6 Å². The maximum Gasteiger partial charge on any atom is 0.160 e. The smallest absolute Gasteiger partial charge is 0.160 e. The van der Waals surface area contributed by atoms with E-state index >= 15 is 0 Å². The number of thiophene rings is 1. The van der Waals surface area contributed by atoms with Crippen LogP contribution in [0.5, 0.6) is 0 Å². The van der Waals surface area contributed by atoms with E-state index in [4.69, 9.17) is 15.1 Å². The van der Waals surface area contributed by atoms with Gasteiger partial charge in [-0.05, 0) is 30.5 Å². The first-order valence-electron chi connectivity index (χ1n) is 10.2. The summed E-state index contributed by atoms with van der Waals surface area (Å²) >= 11 is 1.66. The molecule has 0 amide bonds. The Kier molecular flexibility index (Phi) is 6.63. The lowest BCUT2D eigenvalue weighted by atomic mass is 10.2. The second kappa shape index (κ2) is 9.57. The molecule has 4 rings (SSSR count). The van der Waals surface area contributed by atoms with E-state index in [-0.39, 0.29) is 12.8 Å². The molecule has 2 aliphatic rings. The van der Waals surface area contributed by atoms with Crippen LogP contribution in [-0.4, -0.2) is 62.6 Å². The molecule has 0 aliphatic carbocycles. The summed E-state index contributed by atoms with van der Waals surface area (Å²) in [7, 11) is 0. The third kappa shape index (κ3) is 4.81. The Labute approximate surface area is 180 Å². The second-order valence-corrected chi connectivity index (χ2v) is 8.37. The summed E-state index contributed by atoms with van der Waals surface area (Å²) in [6, 6.07) is 4.07. The molecular formula is C21H28N6O2S. The molecule has 4 heterocycles. The number of aryl methyl sites for hydroxylation is 1. The minimum Gasteiger partial charge on any atom is -0.395 e. The molecule has 0 radical (unpaired) electrons. The highest BCUT2D eigenvalue weighted by Crippen LogP contribution is 2.25. The normalized spacial score (nSPS) is 18.8. The molecule has 0 saturated carbocycles. The number of nitrogens with one attached hydrogen (secondary N) is 2.